The van der Waals surface area contributed by atoms with Crippen molar-refractivity contribution in [3.63, 3.8) is 0 Å². The van der Waals surface area contributed by atoms with Crippen LogP contribution in [0.4, 0.5) is 4.39 Å². The van der Waals surface area contributed by atoms with Gasteiger partial charge in [-0.05, 0) is 42.7 Å². The van der Waals surface area contributed by atoms with Gasteiger partial charge in [-0.1, -0.05) is 18.2 Å². The van der Waals surface area contributed by atoms with Crippen molar-refractivity contribution in [1.82, 2.24) is 10.4 Å². The lowest BCUT2D eigenvalue weighted by molar-refractivity contribution is 0.600. The summed E-state index contributed by atoms with van der Waals surface area (Å²) in [5.74, 6) is 5.39. The van der Waals surface area contributed by atoms with E-state index in [0.29, 0.717) is 5.56 Å². The van der Waals surface area contributed by atoms with E-state index in [1.807, 2.05) is 19.1 Å². The van der Waals surface area contributed by atoms with Crippen LogP contribution >= 0.6 is 0 Å². The third-order valence-corrected chi connectivity index (χ3v) is 3.01. The molecule has 18 heavy (non-hydrogen) atoms. The molecule has 3 nitrogen and oxygen atoms in total. The molecule has 0 aliphatic rings. The molecule has 1 atom stereocenters. The fraction of sp³-hybridized carbons (Fsp3) is 0.214. The molecule has 3 N–H and O–H groups in total. The Morgan fingerprint density at radius 3 is 2.61 bits per heavy atom. The second kappa shape index (κ2) is 5.25. The smallest absolute Gasteiger partial charge is 0.126 e. The Labute approximate surface area is 106 Å². The van der Waals surface area contributed by atoms with Crippen molar-refractivity contribution in [1.29, 1.82) is 0 Å². The number of nitrogens with one attached hydrogen (secondary N) is 1. The molecule has 2 aromatic rings. The van der Waals surface area contributed by atoms with Crippen molar-refractivity contribution in [2.24, 2.45) is 5.84 Å². The zero-order valence-electron chi connectivity index (χ0n) is 10.4. The zero-order chi connectivity index (χ0) is 13.1. The minimum absolute atomic E-state index is 0.215. The van der Waals surface area contributed by atoms with Crippen LogP contribution in [0.1, 0.15) is 28.4 Å². The molecule has 94 valence electrons. The van der Waals surface area contributed by atoms with E-state index in [1.54, 1.807) is 25.3 Å². The molecule has 1 unspecified atom stereocenters. The molecule has 0 aliphatic carbocycles. The number of hydrazine groups is 1. The number of nitrogens with zero attached hydrogens (tertiary/aromatic N) is 1. The largest absolute Gasteiger partial charge is 0.271 e. The highest BCUT2D eigenvalue weighted by molar-refractivity contribution is 5.34. The zero-order valence-corrected chi connectivity index (χ0v) is 10.4. The molecule has 0 spiro atoms. The summed E-state index contributed by atoms with van der Waals surface area (Å²) in [5.41, 5.74) is 6.13. The minimum atomic E-state index is -0.231. The summed E-state index contributed by atoms with van der Waals surface area (Å²) in [6.07, 6.45) is 1.73. The van der Waals surface area contributed by atoms with Crippen LogP contribution in [0.25, 0.3) is 0 Å². The topological polar surface area (TPSA) is 50.9 Å². The Morgan fingerprint density at radius 1 is 1.22 bits per heavy atom. The van der Waals surface area contributed by atoms with Crippen molar-refractivity contribution in [3.8, 4) is 0 Å². The SMILES string of the molecule is Cc1cc(C(NN)c2ncccc2C)ccc1F. The lowest BCUT2D eigenvalue weighted by Crippen LogP contribution is -2.30. The van der Waals surface area contributed by atoms with Crippen LogP contribution in [0.3, 0.4) is 0 Å². The van der Waals surface area contributed by atoms with E-state index in [0.717, 1.165) is 16.8 Å². The number of rotatable bonds is 3. The Kier molecular flexibility index (Phi) is 3.69. The normalized spacial score (nSPS) is 12.4. The molecule has 2 rings (SSSR count). The summed E-state index contributed by atoms with van der Waals surface area (Å²) in [6, 6.07) is 8.58. The van der Waals surface area contributed by atoms with Gasteiger partial charge >= 0.3 is 0 Å². The number of nitrogens with two attached hydrogens (primary N) is 1. The first-order valence-corrected chi connectivity index (χ1v) is 5.77. The predicted octanol–water partition coefficient (Wildman–Crippen LogP) is 2.39. The van der Waals surface area contributed by atoms with E-state index in [9.17, 15) is 4.39 Å². The molecule has 0 bridgehead atoms. The van der Waals surface area contributed by atoms with Gasteiger partial charge in [-0.2, -0.15) is 0 Å². The summed E-state index contributed by atoms with van der Waals surface area (Å²) < 4.78 is 13.3. The van der Waals surface area contributed by atoms with Gasteiger partial charge in [0.15, 0.2) is 0 Å². The average Bonchev–Trinajstić information content (AvgIpc) is 2.37. The summed E-state index contributed by atoms with van der Waals surface area (Å²) in [4.78, 5) is 4.34. The molecule has 0 radical (unpaired) electrons. The van der Waals surface area contributed by atoms with Crippen LogP contribution in [0.2, 0.25) is 0 Å². The van der Waals surface area contributed by atoms with Gasteiger partial charge in [0.25, 0.3) is 0 Å². The monoisotopic (exact) mass is 245 g/mol. The van der Waals surface area contributed by atoms with Crippen molar-refractivity contribution in [3.05, 3.63) is 64.7 Å². The second-order valence-electron chi connectivity index (χ2n) is 4.31. The van der Waals surface area contributed by atoms with Crippen LogP contribution in [-0.4, -0.2) is 4.98 Å². The highest BCUT2D eigenvalue weighted by Gasteiger charge is 2.16. The van der Waals surface area contributed by atoms with Crippen LogP contribution in [0, 0.1) is 19.7 Å². The Balaban J connectivity index is 2.45. The molecule has 0 fully saturated rings. The summed E-state index contributed by atoms with van der Waals surface area (Å²) in [5, 5.41) is 0. The third kappa shape index (κ3) is 2.39. The van der Waals surface area contributed by atoms with Crippen LogP contribution in [-0.2, 0) is 0 Å². The fourth-order valence-electron chi connectivity index (χ4n) is 1.98. The molecular formula is C14H16FN3. The van der Waals surface area contributed by atoms with E-state index in [2.05, 4.69) is 10.4 Å². The Bertz CT molecular complexity index is 554. The van der Waals surface area contributed by atoms with Gasteiger partial charge in [0, 0.05) is 6.20 Å². The molecule has 4 heteroatoms. The molecule has 0 aliphatic heterocycles. The van der Waals surface area contributed by atoms with E-state index in [1.165, 1.54) is 6.07 Å². The number of pyridine rings is 1. The second-order valence-corrected chi connectivity index (χ2v) is 4.31. The maximum absolute atomic E-state index is 13.3. The highest BCUT2D eigenvalue weighted by Crippen LogP contribution is 2.23. The van der Waals surface area contributed by atoms with E-state index < -0.39 is 0 Å². The molecule has 1 aromatic heterocycles. The standard InChI is InChI=1S/C14H16FN3/c1-9-4-3-7-17-13(9)14(18-16)11-5-6-12(15)10(2)8-11/h3-8,14,18H,16H2,1-2H3. The number of aromatic nitrogens is 1. The predicted molar refractivity (Wildman–Crippen MR) is 69.3 cm³/mol. The van der Waals surface area contributed by atoms with E-state index >= 15 is 0 Å². The fourth-order valence-corrected chi connectivity index (χ4v) is 1.98. The van der Waals surface area contributed by atoms with Gasteiger partial charge in [0.2, 0.25) is 0 Å². The number of hydrogen-bond donors (Lipinski definition) is 2. The van der Waals surface area contributed by atoms with Gasteiger partial charge in [-0.15, -0.1) is 0 Å². The number of benzene rings is 1. The molecule has 0 amide bonds. The first-order chi connectivity index (χ1) is 8.63. The lowest BCUT2D eigenvalue weighted by atomic mass is 9.99. The maximum Gasteiger partial charge on any atom is 0.126 e. The number of aryl methyl sites for hydroxylation is 2. The summed E-state index contributed by atoms with van der Waals surface area (Å²) in [6.45, 7) is 3.71. The summed E-state index contributed by atoms with van der Waals surface area (Å²) in [7, 11) is 0. The highest BCUT2D eigenvalue weighted by atomic mass is 19.1. The number of halogens is 1. The van der Waals surface area contributed by atoms with Gasteiger partial charge < -0.3 is 0 Å². The summed E-state index contributed by atoms with van der Waals surface area (Å²) >= 11 is 0. The Hall–Kier alpha value is -1.78. The van der Waals surface area contributed by atoms with Crippen molar-refractivity contribution >= 4 is 0 Å². The van der Waals surface area contributed by atoms with Gasteiger partial charge in [0.1, 0.15) is 5.82 Å². The molecule has 0 saturated heterocycles. The molecular weight excluding hydrogens is 229 g/mol. The van der Waals surface area contributed by atoms with Gasteiger partial charge in [-0.3, -0.25) is 10.8 Å². The minimum Gasteiger partial charge on any atom is -0.271 e. The van der Waals surface area contributed by atoms with E-state index in [4.69, 9.17) is 5.84 Å². The van der Waals surface area contributed by atoms with Crippen molar-refractivity contribution in [2.45, 2.75) is 19.9 Å². The Morgan fingerprint density at radius 2 is 2.00 bits per heavy atom. The van der Waals surface area contributed by atoms with Crippen molar-refractivity contribution < 1.29 is 4.39 Å². The van der Waals surface area contributed by atoms with Crippen LogP contribution in [0.15, 0.2) is 36.5 Å². The lowest BCUT2D eigenvalue weighted by Gasteiger charge is -2.18. The van der Waals surface area contributed by atoms with Crippen LogP contribution < -0.4 is 11.3 Å². The quantitative estimate of drug-likeness (QED) is 0.645. The van der Waals surface area contributed by atoms with Crippen molar-refractivity contribution in [2.75, 3.05) is 0 Å². The molecule has 1 heterocycles. The van der Waals surface area contributed by atoms with Crippen LogP contribution in [0.5, 0.6) is 0 Å². The molecule has 1 aromatic carbocycles. The third-order valence-electron chi connectivity index (χ3n) is 3.01. The van der Waals surface area contributed by atoms with E-state index in [-0.39, 0.29) is 11.9 Å². The number of hydrogen-bond acceptors (Lipinski definition) is 3. The first-order valence-electron chi connectivity index (χ1n) is 5.77. The van der Waals surface area contributed by atoms with Gasteiger partial charge in [0.05, 0.1) is 11.7 Å². The van der Waals surface area contributed by atoms with Gasteiger partial charge in [-0.25, -0.2) is 9.82 Å². The average molecular weight is 245 g/mol. The first kappa shape index (κ1) is 12.7. The maximum atomic E-state index is 13.3. The molecule has 0 saturated carbocycles.